The first-order valence-electron chi connectivity index (χ1n) is 10.8. The molecule has 10 nitrogen and oxygen atoms in total. The lowest BCUT2D eigenvalue weighted by Crippen LogP contribution is -2.31. The zero-order valence-electron chi connectivity index (χ0n) is 19.7. The van der Waals surface area contributed by atoms with Gasteiger partial charge in [-0.3, -0.25) is 4.79 Å². The maximum atomic E-state index is 13.2. The van der Waals surface area contributed by atoms with E-state index in [2.05, 4.69) is 14.4 Å². The molecular weight excluding hydrogens is 488 g/mol. The number of carbonyl (C=O) groups is 1. The van der Waals surface area contributed by atoms with E-state index in [0.29, 0.717) is 33.7 Å². The first-order valence-corrected chi connectivity index (χ1v) is 12.3. The third-order valence-electron chi connectivity index (χ3n) is 5.60. The van der Waals surface area contributed by atoms with Crippen molar-refractivity contribution in [3.05, 3.63) is 88.1 Å². The Bertz CT molecular complexity index is 1560. The molecule has 2 aromatic carbocycles. The molecule has 0 aliphatic rings. The highest BCUT2D eigenvalue weighted by Crippen LogP contribution is 2.31. The largest absolute Gasteiger partial charge is 0.493 e. The summed E-state index contributed by atoms with van der Waals surface area (Å²) in [6.07, 6.45) is 1.40. The van der Waals surface area contributed by atoms with Gasteiger partial charge in [-0.15, -0.1) is 0 Å². The first-order chi connectivity index (χ1) is 17.2. The average Bonchev–Trinajstić information content (AvgIpc) is 3.42. The predicted octanol–water partition coefficient (Wildman–Crippen LogP) is 3.19. The van der Waals surface area contributed by atoms with E-state index in [1.165, 1.54) is 51.9 Å². The lowest BCUT2D eigenvalue weighted by Gasteiger charge is -2.17. The second kappa shape index (κ2) is 10.3. The Labute approximate surface area is 206 Å². The predicted molar refractivity (Wildman–Crippen MR) is 131 cm³/mol. The number of furan rings is 1. The normalized spacial score (nSPS) is 12.3. The standard InChI is InChI=1S/C25H24N2O8S/c1-32-22-13-16-10-17(24(28)26-19(16)14-23(22)33-2)12-20(21-8-5-9-35-21)27-36(30,31)18-7-4-6-15(11-18)25(29)34-3/h4-11,13-14,20,27H,12H2,1-3H3,(H,26,28). The molecule has 0 spiro atoms. The fourth-order valence-electron chi connectivity index (χ4n) is 3.80. The van der Waals surface area contributed by atoms with Crippen molar-refractivity contribution in [3.8, 4) is 11.5 Å². The second-order valence-electron chi connectivity index (χ2n) is 7.83. The molecular formula is C25H24N2O8S. The van der Waals surface area contributed by atoms with Crippen LogP contribution in [0.15, 0.2) is 75.0 Å². The Kier molecular flexibility index (Phi) is 7.13. The maximum Gasteiger partial charge on any atom is 0.337 e. The van der Waals surface area contributed by atoms with Crippen LogP contribution in [0, 0.1) is 0 Å². The number of methoxy groups -OCH3 is 3. The van der Waals surface area contributed by atoms with Crippen molar-refractivity contribution >= 4 is 26.9 Å². The second-order valence-corrected chi connectivity index (χ2v) is 9.54. The van der Waals surface area contributed by atoms with Gasteiger partial charge in [-0.25, -0.2) is 17.9 Å². The molecule has 0 saturated heterocycles. The molecule has 2 N–H and O–H groups in total. The van der Waals surface area contributed by atoms with Crippen LogP contribution in [0.1, 0.15) is 27.7 Å². The molecule has 0 radical (unpaired) electrons. The number of pyridine rings is 1. The number of hydrogen-bond acceptors (Lipinski definition) is 8. The highest BCUT2D eigenvalue weighted by Gasteiger charge is 2.26. The van der Waals surface area contributed by atoms with Crippen LogP contribution in [0.4, 0.5) is 0 Å². The molecule has 4 rings (SSSR count). The van der Waals surface area contributed by atoms with Crippen LogP contribution in [-0.2, 0) is 21.2 Å². The fraction of sp³-hybridized carbons (Fsp3) is 0.200. The summed E-state index contributed by atoms with van der Waals surface area (Å²) in [5, 5.41) is 0.675. The van der Waals surface area contributed by atoms with Crippen LogP contribution in [0.2, 0.25) is 0 Å². The number of carbonyl (C=O) groups excluding carboxylic acids is 1. The van der Waals surface area contributed by atoms with E-state index in [1.807, 2.05) is 0 Å². The monoisotopic (exact) mass is 512 g/mol. The van der Waals surface area contributed by atoms with Gasteiger partial charge in [0.15, 0.2) is 11.5 Å². The van der Waals surface area contributed by atoms with Gasteiger partial charge in [0, 0.05) is 23.4 Å². The molecule has 2 heterocycles. The highest BCUT2D eigenvalue weighted by atomic mass is 32.2. The molecule has 2 aromatic heterocycles. The van der Waals surface area contributed by atoms with Gasteiger partial charge >= 0.3 is 5.97 Å². The van der Waals surface area contributed by atoms with Crippen LogP contribution in [0.5, 0.6) is 11.5 Å². The van der Waals surface area contributed by atoms with Crippen molar-refractivity contribution in [2.45, 2.75) is 17.4 Å². The van der Waals surface area contributed by atoms with Crippen molar-refractivity contribution < 1.29 is 31.8 Å². The Hall–Kier alpha value is -4.09. The number of rotatable bonds is 9. The van der Waals surface area contributed by atoms with Crippen LogP contribution in [0.3, 0.4) is 0 Å². The zero-order valence-corrected chi connectivity index (χ0v) is 20.5. The van der Waals surface area contributed by atoms with Gasteiger partial charge in [0.1, 0.15) is 5.76 Å². The molecule has 1 atom stereocenters. The molecule has 188 valence electrons. The van der Waals surface area contributed by atoms with E-state index >= 15 is 0 Å². The minimum Gasteiger partial charge on any atom is -0.493 e. The third-order valence-corrected chi connectivity index (χ3v) is 7.07. The van der Waals surface area contributed by atoms with Gasteiger partial charge in [0.2, 0.25) is 10.0 Å². The average molecular weight is 513 g/mol. The van der Waals surface area contributed by atoms with Crippen LogP contribution in [0.25, 0.3) is 10.9 Å². The molecule has 11 heteroatoms. The number of fused-ring (bicyclic) bond motifs is 1. The van der Waals surface area contributed by atoms with Gasteiger partial charge in [0.25, 0.3) is 5.56 Å². The minimum absolute atomic E-state index is 0.0109. The number of aromatic amines is 1. The Morgan fingerprint density at radius 1 is 1.03 bits per heavy atom. The summed E-state index contributed by atoms with van der Waals surface area (Å²) in [5.74, 6) is 0.597. The number of esters is 1. The lowest BCUT2D eigenvalue weighted by atomic mass is 10.0. The molecule has 0 amide bonds. The molecule has 4 aromatic rings. The van der Waals surface area contributed by atoms with Crippen molar-refractivity contribution in [1.82, 2.24) is 9.71 Å². The van der Waals surface area contributed by atoms with Gasteiger partial charge in [-0.05, 0) is 42.5 Å². The third kappa shape index (κ3) is 5.11. The molecule has 36 heavy (non-hydrogen) atoms. The van der Waals surface area contributed by atoms with E-state index in [9.17, 15) is 18.0 Å². The summed E-state index contributed by atoms with van der Waals surface area (Å²) in [6.45, 7) is 0. The summed E-state index contributed by atoms with van der Waals surface area (Å²) in [7, 11) is 0.103. The summed E-state index contributed by atoms with van der Waals surface area (Å²) in [6, 6.07) is 12.8. The van der Waals surface area contributed by atoms with E-state index < -0.39 is 27.6 Å². The summed E-state index contributed by atoms with van der Waals surface area (Å²) >= 11 is 0. The molecule has 0 fully saturated rings. The van der Waals surface area contributed by atoms with Gasteiger partial charge in [-0.2, -0.15) is 0 Å². The zero-order chi connectivity index (χ0) is 25.9. The van der Waals surface area contributed by atoms with Crippen molar-refractivity contribution in [2.75, 3.05) is 21.3 Å². The lowest BCUT2D eigenvalue weighted by molar-refractivity contribution is 0.0600. The number of nitrogens with one attached hydrogen (secondary N) is 2. The number of benzene rings is 2. The number of aromatic nitrogens is 1. The minimum atomic E-state index is -4.11. The SMILES string of the molecule is COC(=O)c1cccc(S(=O)(=O)NC(Cc2cc3cc(OC)c(OC)cc3[nH]c2=O)c2ccco2)c1. The molecule has 0 aliphatic carbocycles. The number of hydrogen-bond donors (Lipinski definition) is 2. The number of ether oxygens (including phenoxy) is 3. The smallest absolute Gasteiger partial charge is 0.337 e. The molecule has 1 unspecified atom stereocenters. The van der Waals surface area contributed by atoms with Crippen molar-refractivity contribution in [1.29, 1.82) is 0 Å². The quantitative estimate of drug-likeness (QED) is 0.326. The Balaban J connectivity index is 1.71. The highest BCUT2D eigenvalue weighted by molar-refractivity contribution is 7.89. The van der Waals surface area contributed by atoms with E-state index in [0.717, 1.165) is 0 Å². The molecule has 0 bridgehead atoms. The summed E-state index contributed by atoms with van der Waals surface area (Å²) < 4.78 is 49.8. The van der Waals surface area contributed by atoms with Crippen LogP contribution in [-0.4, -0.2) is 40.7 Å². The summed E-state index contributed by atoms with van der Waals surface area (Å²) in [4.78, 5) is 27.4. The fourth-order valence-corrected chi connectivity index (χ4v) is 5.05. The van der Waals surface area contributed by atoms with Crippen LogP contribution < -0.4 is 19.8 Å². The first kappa shape index (κ1) is 25.0. The van der Waals surface area contributed by atoms with Crippen molar-refractivity contribution in [2.24, 2.45) is 0 Å². The molecule has 0 aliphatic heterocycles. The van der Waals surface area contributed by atoms with Gasteiger partial charge in [0.05, 0.1) is 49.6 Å². The number of sulfonamides is 1. The number of H-pyrrole nitrogens is 1. The van der Waals surface area contributed by atoms with E-state index in [-0.39, 0.29) is 16.9 Å². The van der Waals surface area contributed by atoms with Gasteiger partial charge in [-0.1, -0.05) is 6.07 Å². The van der Waals surface area contributed by atoms with Crippen molar-refractivity contribution in [3.63, 3.8) is 0 Å². The maximum absolute atomic E-state index is 13.2. The summed E-state index contributed by atoms with van der Waals surface area (Å²) in [5.41, 5.74) is 0.557. The topological polar surface area (TPSA) is 137 Å². The van der Waals surface area contributed by atoms with E-state index in [1.54, 1.807) is 30.3 Å². The van der Waals surface area contributed by atoms with E-state index in [4.69, 9.17) is 13.9 Å². The van der Waals surface area contributed by atoms with Crippen LogP contribution >= 0.6 is 0 Å². The van der Waals surface area contributed by atoms with Gasteiger partial charge < -0.3 is 23.6 Å². The molecule has 0 saturated carbocycles. The Morgan fingerprint density at radius 2 is 1.78 bits per heavy atom. The Morgan fingerprint density at radius 3 is 2.44 bits per heavy atom.